The van der Waals surface area contributed by atoms with E-state index in [0.717, 1.165) is 41.8 Å². The Labute approximate surface area is 157 Å². The fraction of sp³-hybridized carbons (Fsp3) is 0.238. The van der Waals surface area contributed by atoms with Crippen LogP contribution in [0.2, 0.25) is 5.02 Å². The second-order valence-corrected chi connectivity index (χ2v) is 7.13. The number of carbonyl (C=O) groups excluding carboxylic acids is 1. The molecule has 0 saturated heterocycles. The predicted molar refractivity (Wildman–Crippen MR) is 105 cm³/mol. The Morgan fingerprint density at radius 2 is 1.96 bits per heavy atom. The normalized spacial score (nSPS) is 13.3. The lowest BCUT2D eigenvalue weighted by atomic mass is 9.92. The van der Waals surface area contributed by atoms with Crippen molar-refractivity contribution in [3.05, 3.63) is 69.9 Å². The summed E-state index contributed by atoms with van der Waals surface area (Å²) < 4.78 is 0. The SMILES string of the molecule is Cc1cc(Cl)ccc1NC(=O)c1ccccc1-c1n[nH]c2c1CCCC2. The minimum absolute atomic E-state index is 0.140. The van der Waals surface area contributed by atoms with Crippen LogP contribution in [0.15, 0.2) is 42.5 Å². The van der Waals surface area contributed by atoms with E-state index in [9.17, 15) is 4.79 Å². The van der Waals surface area contributed by atoms with Gasteiger partial charge in [0, 0.05) is 33.1 Å². The van der Waals surface area contributed by atoms with E-state index >= 15 is 0 Å². The Balaban J connectivity index is 1.70. The number of nitrogens with zero attached hydrogens (tertiary/aromatic N) is 1. The molecule has 1 amide bonds. The highest BCUT2D eigenvalue weighted by Crippen LogP contribution is 2.32. The lowest BCUT2D eigenvalue weighted by molar-refractivity contribution is 0.102. The summed E-state index contributed by atoms with van der Waals surface area (Å²) in [6, 6.07) is 13.1. The third kappa shape index (κ3) is 3.13. The lowest BCUT2D eigenvalue weighted by Crippen LogP contribution is -2.14. The molecule has 26 heavy (non-hydrogen) atoms. The van der Waals surface area contributed by atoms with E-state index in [4.69, 9.17) is 11.6 Å². The topological polar surface area (TPSA) is 57.8 Å². The number of carbonyl (C=O) groups is 1. The number of benzene rings is 2. The molecule has 4 rings (SSSR count). The van der Waals surface area contributed by atoms with Gasteiger partial charge in [-0.25, -0.2) is 0 Å². The lowest BCUT2D eigenvalue weighted by Gasteiger charge is -2.14. The molecule has 0 bridgehead atoms. The number of aryl methyl sites for hydroxylation is 2. The Hall–Kier alpha value is -2.59. The Bertz CT molecular complexity index is 977. The van der Waals surface area contributed by atoms with Crippen LogP contribution in [0, 0.1) is 6.92 Å². The Morgan fingerprint density at radius 3 is 2.81 bits per heavy atom. The van der Waals surface area contributed by atoms with Gasteiger partial charge in [-0.05, 0) is 62.4 Å². The summed E-state index contributed by atoms with van der Waals surface area (Å²) in [6.45, 7) is 1.93. The quantitative estimate of drug-likeness (QED) is 0.672. The summed E-state index contributed by atoms with van der Waals surface area (Å²) in [4.78, 5) is 13.0. The summed E-state index contributed by atoms with van der Waals surface area (Å²) in [7, 11) is 0. The fourth-order valence-electron chi connectivity index (χ4n) is 3.55. The first-order chi connectivity index (χ1) is 12.6. The number of hydrogen-bond donors (Lipinski definition) is 2. The average molecular weight is 366 g/mol. The molecule has 0 aliphatic heterocycles. The molecule has 5 heteroatoms. The van der Waals surface area contributed by atoms with Gasteiger partial charge in [-0.2, -0.15) is 5.10 Å². The number of aromatic nitrogens is 2. The highest BCUT2D eigenvalue weighted by molar-refractivity contribution is 6.30. The standard InChI is InChI=1S/C21H20ClN3O/c1-13-12-14(22)10-11-18(13)23-21(26)16-7-3-2-6-15(16)20-17-8-4-5-9-19(17)24-25-20/h2-3,6-7,10-12H,4-5,8-9H2,1H3,(H,23,26)(H,24,25). The van der Waals surface area contributed by atoms with Gasteiger partial charge in [-0.15, -0.1) is 0 Å². The van der Waals surface area contributed by atoms with Gasteiger partial charge in [-0.1, -0.05) is 29.8 Å². The van der Waals surface area contributed by atoms with Gasteiger partial charge in [0.1, 0.15) is 0 Å². The van der Waals surface area contributed by atoms with E-state index in [2.05, 4.69) is 15.5 Å². The Kier molecular flexibility index (Phi) is 4.51. The number of H-pyrrole nitrogens is 1. The summed E-state index contributed by atoms with van der Waals surface area (Å²) in [5, 5.41) is 11.3. The van der Waals surface area contributed by atoms with E-state index in [-0.39, 0.29) is 5.91 Å². The van der Waals surface area contributed by atoms with Gasteiger partial charge in [0.15, 0.2) is 0 Å². The van der Waals surface area contributed by atoms with Crippen LogP contribution in [0.5, 0.6) is 0 Å². The number of halogens is 1. The van der Waals surface area contributed by atoms with Crippen molar-refractivity contribution >= 4 is 23.2 Å². The van der Waals surface area contributed by atoms with E-state index in [0.29, 0.717) is 10.6 Å². The van der Waals surface area contributed by atoms with Crippen LogP contribution in [-0.4, -0.2) is 16.1 Å². The van der Waals surface area contributed by atoms with Crippen molar-refractivity contribution in [1.82, 2.24) is 10.2 Å². The van der Waals surface area contributed by atoms with E-state index in [1.165, 1.54) is 17.7 Å². The molecule has 2 aromatic carbocycles. The molecule has 132 valence electrons. The molecule has 0 fully saturated rings. The molecule has 3 aromatic rings. The summed E-state index contributed by atoms with van der Waals surface area (Å²) in [5.41, 5.74) is 6.55. The number of amides is 1. The number of aromatic amines is 1. The summed E-state index contributed by atoms with van der Waals surface area (Å²) in [5.74, 6) is -0.140. The molecular weight excluding hydrogens is 346 g/mol. The maximum Gasteiger partial charge on any atom is 0.256 e. The molecule has 0 saturated carbocycles. The number of rotatable bonds is 3. The number of fused-ring (bicyclic) bond motifs is 1. The van der Waals surface area contributed by atoms with Gasteiger partial charge in [0.05, 0.1) is 5.69 Å². The van der Waals surface area contributed by atoms with Crippen LogP contribution in [0.4, 0.5) is 5.69 Å². The van der Waals surface area contributed by atoms with Crippen LogP contribution in [0.3, 0.4) is 0 Å². The predicted octanol–water partition coefficient (Wildman–Crippen LogP) is 5.17. The summed E-state index contributed by atoms with van der Waals surface area (Å²) in [6.07, 6.45) is 4.39. The highest BCUT2D eigenvalue weighted by atomic mass is 35.5. The van der Waals surface area contributed by atoms with Crippen LogP contribution in [0.1, 0.15) is 40.0 Å². The molecule has 0 radical (unpaired) electrons. The summed E-state index contributed by atoms with van der Waals surface area (Å²) >= 11 is 6.01. The van der Waals surface area contributed by atoms with Crippen molar-refractivity contribution in [2.24, 2.45) is 0 Å². The molecule has 0 unspecified atom stereocenters. The molecule has 4 nitrogen and oxygen atoms in total. The van der Waals surface area contributed by atoms with Crippen LogP contribution >= 0.6 is 11.6 Å². The maximum atomic E-state index is 13.0. The van der Waals surface area contributed by atoms with E-state index < -0.39 is 0 Å². The fourth-order valence-corrected chi connectivity index (χ4v) is 3.77. The first kappa shape index (κ1) is 16.9. The van der Waals surface area contributed by atoms with Crippen molar-refractivity contribution in [2.45, 2.75) is 32.6 Å². The smallest absolute Gasteiger partial charge is 0.256 e. The zero-order valence-electron chi connectivity index (χ0n) is 14.6. The van der Waals surface area contributed by atoms with Crippen LogP contribution < -0.4 is 5.32 Å². The molecule has 2 N–H and O–H groups in total. The van der Waals surface area contributed by atoms with Crippen molar-refractivity contribution < 1.29 is 4.79 Å². The minimum atomic E-state index is -0.140. The van der Waals surface area contributed by atoms with E-state index in [1.807, 2.05) is 43.3 Å². The monoisotopic (exact) mass is 365 g/mol. The number of anilines is 1. The second-order valence-electron chi connectivity index (χ2n) is 6.70. The van der Waals surface area contributed by atoms with Crippen molar-refractivity contribution in [3.8, 4) is 11.3 Å². The van der Waals surface area contributed by atoms with Gasteiger partial charge >= 0.3 is 0 Å². The molecule has 1 aromatic heterocycles. The third-order valence-corrected chi connectivity index (χ3v) is 5.15. The van der Waals surface area contributed by atoms with Gasteiger partial charge in [0.2, 0.25) is 0 Å². The molecule has 0 spiro atoms. The number of nitrogens with one attached hydrogen (secondary N) is 2. The first-order valence-corrected chi connectivity index (χ1v) is 9.24. The highest BCUT2D eigenvalue weighted by Gasteiger charge is 2.22. The molecule has 1 heterocycles. The van der Waals surface area contributed by atoms with Gasteiger partial charge in [0.25, 0.3) is 5.91 Å². The van der Waals surface area contributed by atoms with Crippen molar-refractivity contribution in [3.63, 3.8) is 0 Å². The molecule has 1 aliphatic rings. The average Bonchev–Trinajstić information content (AvgIpc) is 3.08. The minimum Gasteiger partial charge on any atom is -0.322 e. The van der Waals surface area contributed by atoms with E-state index in [1.54, 1.807) is 6.07 Å². The zero-order valence-corrected chi connectivity index (χ0v) is 15.4. The van der Waals surface area contributed by atoms with Crippen molar-refractivity contribution in [2.75, 3.05) is 5.32 Å². The van der Waals surface area contributed by atoms with Crippen molar-refractivity contribution in [1.29, 1.82) is 0 Å². The largest absolute Gasteiger partial charge is 0.322 e. The number of hydrogen-bond acceptors (Lipinski definition) is 2. The van der Waals surface area contributed by atoms with Crippen LogP contribution in [0.25, 0.3) is 11.3 Å². The zero-order chi connectivity index (χ0) is 18.1. The maximum absolute atomic E-state index is 13.0. The molecule has 0 atom stereocenters. The Morgan fingerprint density at radius 1 is 1.15 bits per heavy atom. The molecule has 1 aliphatic carbocycles. The van der Waals surface area contributed by atoms with Gasteiger partial charge in [-0.3, -0.25) is 9.89 Å². The van der Waals surface area contributed by atoms with Crippen LogP contribution in [-0.2, 0) is 12.8 Å². The second kappa shape index (κ2) is 6.96. The van der Waals surface area contributed by atoms with Gasteiger partial charge < -0.3 is 5.32 Å². The molecular formula is C21H20ClN3O. The first-order valence-electron chi connectivity index (χ1n) is 8.86. The third-order valence-electron chi connectivity index (χ3n) is 4.92.